The fraction of sp³-hybridized carbons (Fsp3) is 0.533. The summed E-state index contributed by atoms with van der Waals surface area (Å²) in [5.74, 6) is 1.21. The zero-order chi connectivity index (χ0) is 14.8. The summed E-state index contributed by atoms with van der Waals surface area (Å²) in [6.45, 7) is 6.67. The molecule has 3 rings (SSSR count). The molecule has 1 fully saturated rings. The highest BCUT2D eigenvalue weighted by Crippen LogP contribution is 2.26. The van der Waals surface area contributed by atoms with E-state index in [0.717, 1.165) is 49.6 Å². The van der Waals surface area contributed by atoms with E-state index in [9.17, 15) is 0 Å². The molecule has 1 aromatic carbocycles. The van der Waals surface area contributed by atoms with Crippen LogP contribution in [0, 0.1) is 0 Å². The second-order valence-electron chi connectivity index (χ2n) is 5.27. The lowest BCUT2D eigenvalue weighted by molar-refractivity contribution is -0.0340. The molecule has 21 heavy (non-hydrogen) atoms. The van der Waals surface area contributed by atoms with Gasteiger partial charge < -0.3 is 9.30 Å². The summed E-state index contributed by atoms with van der Waals surface area (Å²) < 4.78 is 8.00. The van der Waals surface area contributed by atoms with E-state index in [4.69, 9.17) is 27.9 Å². The summed E-state index contributed by atoms with van der Waals surface area (Å²) in [5, 5.41) is 0.708. The number of hydrogen-bond acceptors (Lipinski definition) is 3. The predicted octanol–water partition coefficient (Wildman–Crippen LogP) is 3.15. The highest BCUT2D eigenvalue weighted by molar-refractivity contribution is 6.35. The van der Waals surface area contributed by atoms with Crippen molar-refractivity contribution in [3.05, 3.63) is 29.0 Å². The first-order valence-electron chi connectivity index (χ1n) is 7.26. The molecular weight excluding hydrogens is 309 g/mol. The van der Waals surface area contributed by atoms with Crippen LogP contribution in [0.2, 0.25) is 5.02 Å². The van der Waals surface area contributed by atoms with Gasteiger partial charge in [-0.25, -0.2) is 4.98 Å². The maximum Gasteiger partial charge on any atom is 0.124 e. The van der Waals surface area contributed by atoms with E-state index in [-0.39, 0.29) is 6.10 Å². The average molecular weight is 328 g/mol. The van der Waals surface area contributed by atoms with Gasteiger partial charge in [-0.1, -0.05) is 24.6 Å². The second kappa shape index (κ2) is 6.53. The number of likely N-dealkylation sites (N-methyl/N-ethyl adjacent to an activating group) is 1. The van der Waals surface area contributed by atoms with Crippen molar-refractivity contribution in [2.45, 2.75) is 25.5 Å². The molecule has 2 aromatic rings. The normalized spacial score (nSPS) is 20.2. The molecule has 0 spiro atoms. The van der Waals surface area contributed by atoms with Gasteiger partial charge in [-0.2, -0.15) is 0 Å². The maximum absolute atomic E-state index is 6.35. The van der Waals surface area contributed by atoms with E-state index >= 15 is 0 Å². The van der Waals surface area contributed by atoms with Crippen molar-refractivity contribution in [3.63, 3.8) is 0 Å². The minimum absolute atomic E-state index is 0.148. The maximum atomic E-state index is 6.35. The fourth-order valence-corrected chi connectivity index (χ4v) is 3.35. The molecule has 1 aliphatic heterocycles. The summed E-state index contributed by atoms with van der Waals surface area (Å²) in [6.07, 6.45) is 0.148. The number of alkyl halides is 1. The Labute approximate surface area is 134 Å². The van der Waals surface area contributed by atoms with E-state index in [2.05, 4.69) is 21.4 Å². The van der Waals surface area contributed by atoms with E-state index in [1.54, 1.807) is 0 Å². The van der Waals surface area contributed by atoms with Gasteiger partial charge in [0, 0.05) is 13.1 Å². The van der Waals surface area contributed by atoms with Crippen LogP contribution >= 0.6 is 23.2 Å². The van der Waals surface area contributed by atoms with Gasteiger partial charge in [-0.3, -0.25) is 4.90 Å². The van der Waals surface area contributed by atoms with Gasteiger partial charge in [0.15, 0.2) is 0 Å². The molecule has 0 radical (unpaired) electrons. The number of morpholine rings is 1. The number of fused-ring (bicyclic) bond motifs is 1. The summed E-state index contributed by atoms with van der Waals surface area (Å²) in [6, 6.07) is 5.77. The van der Waals surface area contributed by atoms with Gasteiger partial charge in [0.2, 0.25) is 0 Å². The lowest BCUT2D eigenvalue weighted by Gasteiger charge is -2.32. The summed E-state index contributed by atoms with van der Waals surface area (Å²) in [7, 11) is 0. The zero-order valence-electron chi connectivity index (χ0n) is 12.1. The third-order valence-corrected chi connectivity index (χ3v) is 4.52. The third kappa shape index (κ3) is 3.04. The first-order valence-corrected chi connectivity index (χ1v) is 8.17. The molecule has 0 amide bonds. The molecule has 6 heteroatoms. The number of aromatic nitrogens is 2. The smallest absolute Gasteiger partial charge is 0.124 e. The Morgan fingerprint density at radius 1 is 1.43 bits per heavy atom. The Kier molecular flexibility index (Phi) is 4.69. The Morgan fingerprint density at radius 2 is 2.29 bits per heavy atom. The summed E-state index contributed by atoms with van der Waals surface area (Å²) in [4.78, 5) is 6.97. The molecule has 0 N–H and O–H groups in total. The molecule has 2 heterocycles. The lowest BCUT2D eigenvalue weighted by atomic mass is 10.2. The van der Waals surface area contributed by atoms with Gasteiger partial charge in [0.05, 0.1) is 41.2 Å². The number of hydrogen-bond donors (Lipinski definition) is 0. The van der Waals surface area contributed by atoms with Gasteiger partial charge in [-0.05, 0) is 18.7 Å². The quantitative estimate of drug-likeness (QED) is 0.808. The minimum Gasteiger partial charge on any atom is -0.374 e. The van der Waals surface area contributed by atoms with E-state index in [1.807, 2.05) is 18.2 Å². The first-order chi connectivity index (χ1) is 10.2. The highest BCUT2D eigenvalue weighted by Gasteiger charge is 2.22. The SMILES string of the molecule is CCN1CCOC(Cn2c(CCl)nc3cccc(Cl)c32)C1. The van der Waals surface area contributed by atoms with Crippen molar-refractivity contribution in [1.29, 1.82) is 0 Å². The van der Waals surface area contributed by atoms with Gasteiger partial charge in [0.25, 0.3) is 0 Å². The topological polar surface area (TPSA) is 30.3 Å². The van der Waals surface area contributed by atoms with Crippen molar-refractivity contribution in [1.82, 2.24) is 14.5 Å². The first kappa shape index (κ1) is 15.1. The Hall–Kier alpha value is -0.810. The number of para-hydroxylation sites is 1. The van der Waals surface area contributed by atoms with Crippen molar-refractivity contribution < 1.29 is 4.74 Å². The average Bonchev–Trinajstić information content (AvgIpc) is 2.86. The molecule has 0 saturated carbocycles. The van der Waals surface area contributed by atoms with Crippen molar-refractivity contribution in [3.8, 4) is 0 Å². The van der Waals surface area contributed by atoms with Crippen molar-refractivity contribution in [2.24, 2.45) is 0 Å². The van der Waals surface area contributed by atoms with Crippen LogP contribution in [0.25, 0.3) is 11.0 Å². The molecule has 4 nitrogen and oxygen atoms in total. The summed E-state index contributed by atoms with van der Waals surface area (Å²) >= 11 is 12.4. The van der Waals surface area contributed by atoms with Crippen LogP contribution in [0.3, 0.4) is 0 Å². The molecule has 1 aromatic heterocycles. The molecular formula is C15H19Cl2N3O. The van der Waals surface area contributed by atoms with Crippen LogP contribution in [-0.2, 0) is 17.2 Å². The fourth-order valence-electron chi connectivity index (χ4n) is 2.87. The van der Waals surface area contributed by atoms with Crippen LogP contribution in [0.5, 0.6) is 0 Å². The van der Waals surface area contributed by atoms with Crippen LogP contribution in [-0.4, -0.2) is 46.8 Å². The number of benzene rings is 1. The largest absolute Gasteiger partial charge is 0.374 e. The molecule has 1 atom stereocenters. The number of halogens is 2. The second-order valence-corrected chi connectivity index (χ2v) is 5.94. The summed E-state index contributed by atoms with van der Waals surface area (Å²) in [5.41, 5.74) is 1.84. The van der Waals surface area contributed by atoms with Crippen LogP contribution < -0.4 is 0 Å². The van der Waals surface area contributed by atoms with Crippen LogP contribution in [0.15, 0.2) is 18.2 Å². The highest BCUT2D eigenvalue weighted by atomic mass is 35.5. The Balaban J connectivity index is 1.92. The minimum atomic E-state index is 0.148. The van der Waals surface area contributed by atoms with Gasteiger partial charge in [0.1, 0.15) is 5.82 Å². The standard InChI is InChI=1S/C15H19Cl2N3O/c1-2-19-6-7-21-11(9-19)10-20-14(8-16)18-13-5-3-4-12(17)15(13)20/h3-5,11H,2,6-10H2,1H3. The van der Waals surface area contributed by atoms with E-state index < -0.39 is 0 Å². The van der Waals surface area contributed by atoms with Crippen LogP contribution in [0.4, 0.5) is 0 Å². The zero-order valence-corrected chi connectivity index (χ0v) is 13.6. The predicted molar refractivity (Wildman–Crippen MR) is 86.2 cm³/mol. The monoisotopic (exact) mass is 327 g/mol. The molecule has 114 valence electrons. The van der Waals surface area contributed by atoms with Crippen LogP contribution in [0.1, 0.15) is 12.7 Å². The third-order valence-electron chi connectivity index (χ3n) is 3.97. The Bertz CT molecular complexity index is 629. The molecule has 0 bridgehead atoms. The Morgan fingerprint density at radius 3 is 3.05 bits per heavy atom. The molecule has 1 unspecified atom stereocenters. The molecule has 1 saturated heterocycles. The van der Waals surface area contributed by atoms with Crippen molar-refractivity contribution in [2.75, 3.05) is 26.2 Å². The molecule has 1 aliphatic rings. The van der Waals surface area contributed by atoms with E-state index in [0.29, 0.717) is 10.9 Å². The van der Waals surface area contributed by atoms with E-state index in [1.165, 1.54) is 0 Å². The molecule has 0 aliphatic carbocycles. The number of rotatable bonds is 4. The number of imidazole rings is 1. The lowest BCUT2D eigenvalue weighted by Crippen LogP contribution is -2.44. The van der Waals surface area contributed by atoms with Gasteiger partial charge in [-0.15, -0.1) is 11.6 Å². The number of nitrogens with zero attached hydrogens (tertiary/aromatic N) is 3. The van der Waals surface area contributed by atoms with Gasteiger partial charge >= 0.3 is 0 Å². The number of ether oxygens (including phenoxy) is 1. The van der Waals surface area contributed by atoms with Crippen molar-refractivity contribution >= 4 is 34.2 Å².